The lowest BCUT2D eigenvalue weighted by Crippen LogP contribution is -2.27. The number of anilines is 1. The van der Waals surface area contributed by atoms with E-state index in [-0.39, 0.29) is 12.0 Å². The van der Waals surface area contributed by atoms with Crippen molar-refractivity contribution in [3.05, 3.63) is 23.2 Å². The van der Waals surface area contributed by atoms with E-state index in [9.17, 15) is 4.79 Å². The maximum atomic E-state index is 11.1. The van der Waals surface area contributed by atoms with Gasteiger partial charge in [-0.05, 0) is 6.92 Å². The molecule has 1 aliphatic heterocycles. The van der Waals surface area contributed by atoms with Gasteiger partial charge in [-0.1, -0.05) is 0 Å². The minimum atomic E-state index is -0.107. The number of carbonyl (C=O) groups is 1. The minimum absolute atomic E-state index is 0.0698. The molecule has 2 atom stereocenters. The molecule has 1 amide bonds. The van der Waals surface area contributed by atoms with Crippen molar-refractivity contribution >= 4 is 22.4 Å². The molecule has 2 aromatic heterocycles. The maximum Gasteiger partial charge on any atom is 0.233 e. The van der Waals surface area contributed by atoms with Gasteiger partial charge >= 0.3 is 0 Å². The average Bonchev–Trinajstić information content (AvgIpc) is 3.14. The summed E-state index contributed by atoms with van der Waals surface area (Å²) < 4.78 is 10.9. The smallest absolute Gasteiger partial charge is 0.233 e. The van der Waals surface area contributed by atoms with Gasteiger partial charge in [-0.3, -0.25) is 9.69 Å². The molecule has 9 heteroatoms. The Bertz CT molecular complexity index is 721. The summed E-state index contributed by atoms with van der Waals surface area (Å²) in [7, 11) is 1.55. The number of methoxy groups -OCH3 is 1. The van der Waals surface area contributed by atoms with Crippen LogP contribution in [0.15, 0.2) is 18.3 Å². The molecule has 1 saturated heterocycles. The lowest BCUT2D eigenvalue weighted by molar-refractivity contribution is -0.114. The Kier molecular flexibility index (Phi) is 5.44. The fourth-order valence-corrected chi connectivity index (χ4v) is 3.68. The standard InChI is InChI=1S/C16H21N5O3S/c1-10-6-12(24-15-5-4-14(23-3)19-20-15)8-21(10)9-13-7-17-16(25-13)18-11(2)22/h4-5,7,10,12H,6,8-9H2,1-3H3,(H,17,18,22)/t10-,12+/m0/s1. The van der Waals surface area contributed by atoms with E-state index in [2.05, 4.69) is 32.3 Å². The van der Waals surface area contributed by atoms with Gasteiger partial charge in [0.1, 0.15) is 6.10 Å². The van der Waals surface area contributed by atoms with Gasteiger partial charge in [0.05, 0.1) is 7.11 Å². The van der Waals surface area contributed by atoms with Crippen LogP contribution in [0.5, 0.6) is 11.8 Å². The van der Waals surface area contributed by atoms with Gasteiger partial charge in [-0.25, -0.2) is 4.98 Å². The summed E-state index contributed by atoms with van der Waals surface area (Å²) in [6, 6.07) is 3.89. The fraction of sp³-hybridized carbons (Fsp3) is 0.500. The molecule has 0 spiro atoms. The van der Waals surface area contributed by atoms with Crippen LogP contribution in [0.4, 0.5) is 5.13 Å². The van der Waals surface area contributed by atoms with E-state index >= 15 is 0 Å². The molecule has 0 aromatic carbocycles. The molecule has 3 heterocycles. The van der Waals surface area contributed by atoms with E-state index < -0.39 is 0 Å². The van der Waals surface area contributed by atoms with Crippen molar-refractivity contribution < 1.29 is 14.3 Å². The Hall–Kier alpha value is -2.26. The average molecular weight is 363 g/mol. The number of nitrogens with one attached hydrogen (secondary N) is 1. The molecule has 0 radical (unpaired) electrons. The summed E-state index contributed by atoms with van der Waals surface area (Å²) in [6.07, 6.45) is 2.80. The number of likely N-dealkylation sites (tertiary alicyclic amines) is 1. The quantitative estimate of drug-likeness (QED) is 0.839. The van der Waals surface area contributed by atoms with Crippen LogP contribution in [-0.2, 0) is 11.3 Å². The van der Waals surface area contributed by atoms with Gasteiger partial charge in [-0.15, -0.1) is 21.5 Å². The van der Waals surface area contributed by atoms with Crippen LogP contribution in [0.1, 0.15) is 25.1 Å². The summed E-state index contributed by atoms with van der Waals surface area (Å²) >= 11 is 1.50. The molecule has 8 nitrogen and oxygen atoms in total. The third kappa shape index (κ3) is 4.64. The number of nitrogens with zero attached hydrogens (tertiary/aromatic N) is 4. The Morgan fingerprint density at radius 3 is 2.84 bits per heavy atom. The Morgan fingerprint density at radius 1 is 1.40 bits per heavy atom. The number of hydrogen-bond acceptors (Lipinski definition) is 8. The zero-order valence-electron chi connectivity index (χ0n) is 14.4. The van der Waals surface area contributed by atoms with Crippen LogP contribution in [0.25, 0.3) is 0 Å². The van der Waals surface area contributed by atoms with Crippen molar-refractivity contribution in [3.63, 3.8) is 0 Å². The van der Waals surface area contributed by atoms with E-state index in [1.165, 1.54) is 18.3 Å². The first-order valence-corrected chi connectivity index (χ1v) is 8.86. The largest absolute Gasteiger partial charge is 0.480 e. The first-order chi connectivity index (χ1) is 12.0. The van der Waals surface area contributed by atoms with Crippen molar-refractivity contribution in [1.82, 2.24) is 20.1 Å². The Labute approximate surface area is 150 Å². The highest BCUT2D eigenvalue weighted by Gasteiger charge is 2.31. The number of amides is 1. The van der Waals surface area contributed by atoms with Crippen LogP contribution >= 0.6 is 11.3 Å². The van der Waals surface area contributed by atoms with Gasteiger partial charge in [0, 0.05) is 55.7 Å². The zero-order valence-corrected chi connectivity index (χ0v) is 15.2. The molecule has 2 aromatic rings. The van der Waals surface area contributed by atoms with Gasteiger partial charge in [0.25, 0.3) is 0 Å². The number of aromatic nitrogens is 3. The number of thiazole rings is 1. The molecule has 0 saturated carbocycles. The van der Waals surface area contributed by atoms with Crippen LogP contribution in [0.2, 0.25) is 0 Å². The van der Waals surface area contributed by atoms with Crippen molar-refractivity contribution in [3.8, 4) is 11.8 Å². The molecule has 134 valence electrons. The van der Waals surface area contributed by atoms with Gasteiger partial charge in [0.15, 0.2) is 5.13 Å². The van der Waals surface area contributed by atoms with E-state index in [4.69, 9.17) is 9.47 Å². The predicted octanol–water partition coefficient (Wildman–Crippen LogP) is 1.94. The second-order valence-corrected chi connectivity index (χ2v) is 7.10. The molecule has 0 bridgehead atoms. The highest BCUT2D eigenvalue weighted by atomic mass is 32.1. The monoisotopic (exact) mass is 363 g/mol. The summed E-state index contributed by atoms with van der Waals surface area (Å²) in [4.78, 5) is 18.8. The van der Waals surface area contributed by atoms with Gasteiger partial charge in [-0.2, -0.15) is 0 Å². The van der Waals surface area contributed by atoms with Crippen LogP contribution in [-0.4, -0.2) is 51.8 Å². The summed E-state index contributed by atoms with van der Waals surface area (Å²) in [5.41, 5.74) is 0. The molecule has 1 aliphatic rings. The molecule has 1 fully saturated rings. The SMILES string of the molecule is COc1ccc(O[C@@H]2C[C@H](C)N(Cc3cnc(NC(C)=O)s3)C2)nn1. The Morgan fingerprint density at radius 2 is 2.16 bits per heavy atom. The molecule has 0 aliphatic carbocycles. The van der Waals surface area contributed by atoms with Crippen LogP contribution in [0, 0.1) is 0 Å². The van der Waals surface area contributed by atoms with E-state index in [0.717, 1.165) is 24.4 Å². The minimum Gasteiger partial charge on any atom is -0.480 e. The summed E-state index contributed by atoms with van der Waals surface area (Å²) in [6.45, 7) is 5.25. The topological polar surface area (TPSA) is 89.5 Å². The lowest BCUT2D eigenvalue weighted by atomic mass is 10.2. The first-order valence-electron chi connectivity index (χ1n) is 8.04. The summed E-state index contributed by atoms with van der Waals surface area (Å²) in [5, 5.41) is 11.3. The zero-order chi connectivity index (χ0) is 17.8. The second-order valence-electron chi connectivity index (χ2n) is 5.98. The van der Waals surface area contributed by atoms with E-state index in [0.29, 0.717) is 22.9 Å². The third-order valence-corrected chi connectivity index (χ3v) is 4.87. The van der Waals surface area contributed by atoms with Crippen LogP contribution in [0.3, 0.4) is 0 Å². The second kappa shape index (κ2) is 7.75. The molecule has 25 heavy (non-hydrogen) atoms. The van der Waals surface area contributed by atoms with Gasteiger partial charge in [0.2, 0.25) is 17.7 Å². The highest BCUT2D eigenvalue weighted by molar-refractivity contribution is 7.15. The Balaban J connectivity index is 1.55. The molecular formula is C16H21N5O3S. The molecule has 1 N–H and O–H groups in total. The predicted molar refractivity (Wildman–Crippen MR) is 93.9 cm³/mol. The number of ether oxygens (including phenoxy) is 2. The van der Waals surface area contributed by atoms with Crippen molar-refractivity contribution in [2.75, 3.05) is 19.0 Å². The number of hydrogen-bond donors (Lipinski definition) is 1. The van der Waals surface area contributed by atoms with E-state index in [1.54, 1.807) is 19.2 Å². The van der Waals surface area contributed by atoms with Crippen molar-refractivity contribution in [1.29, 1.82) is 0 Å². The molecule has 0 unspecified atom stereocenters. The normalized spacial score (nSPS) is 20.4. The van der Waals surface area contributed by atoms with Gasteiger partial charge < -0.3 is 14.8 Å². The molecule has 3 rings (SSSR count). The van der Waals surface area contributed by atoms with Crippen LogP contribution < -0.4 is 14.8 Å². The van der Waals surface area contributed by atoms with Crippen molar-refractivity contribution in [2.45, 2.75) is 39.0 Å². The first kappa shape index (κ1) is 17.6. The van der Waals surface area contributed by atoms with E-state index in [1.807, 2.05) is 6.20 Å². The summed E-state index contributed by atoms with van der Waals surface area (Å²) in [5.74, 6) is 0.865. The highest BCUT2D eigenvalue weighted by Crippen LogP contribution is 2.26. The number of carbonyl (C=O) groups excluding carboxylic acids is 1. The van der Waals surface area contributed by atoms with Crippen molar-refractivity contribution in [2.24, 2.45) is 0 Å². The molecular weight excluding hydrogens is 342 g/mol. The lowest BCUT2D eigenvalue weighted by Gasteiger charge is -2.19. The maximum absolute atomic E-state index is 11.1. The fourth-order valence-electron chi connectivity index (χ4n) is 2.79. The third-order valence-electron chi connectivity index (χ3n) is 3.97. The number of rotatable bonds is 6.